The highest BCUT2D eigenvalue weighted by molar-refractivity contribution is 5.71. The molecule has 0 saturated carbocycles. The molecule has 0 spiro atoms. The first-order valence-corrected chi connectivity index (χ1v) is 27.1. The second-order valence-electron chi connectivity index (χ2n) is 18.1. The summed E-state index contributed by atoms with van der Waals surface area (Å²) in [6.07, 6.45) is 62.5. The molecule has 0 heterocycles. The van der Waals surface area contributed by atoms with E-state index in [4.69, 9.17) is 14.2 Å². The Morgan fingerprint density at radius 2 is 0.571 bits per heavy atom. The summed E-state index contributed by atoms with van der Waals surface area (Å²) in [4.78, 5) is 37.9. The highest BCUT2D eigenvalue weighted by atomic mass is 16.6. The molecule has 63 heavy (non-hydrogen) atoms. The van der Waals surface area contributed by atoms with Gasteiger partial charge in [0.15, 0.2) is 6.10 Å². The number of rotatable bonds is 49. The van der Waals surface area contributed by atoms with E-state index in [1.807, 2.05) is 0 Å². The maximum Gasteiger partial charge on any atom is 0.306 e. The molecule has 0 amide bonds. The number of unbranched alkanes of at least 4 members (excludes halogenated alkanes) is 30. The predicted octanol–water partition coefficient (Wildman–Crippen LogP) is 17.9. The van der Waals surface area contributed by atoms with Crippen LogP contribution in [0.2, 0.25) is 0 Å². The van der Waals surface area contributed by atoms with Gasteiger partial charge in [-0.15, -0.1) is 0 Å². The lowest BCUT2D eigenvalue weighted by atomic mass is 10.1. The fraction of sp³-hybridized carbons (Fsp3) is 0.807. The molecular weight excluding hydrogens is 781 g/mol. The molecule has 1 atom stereocenters. The molecule has 0 fully saturated rings. The predicted molar refractivity (Wildman–Crippen MR) is 270 cm³/mol. The van der Waals surface area contributed by atoms with Crippen molar-refractivity contribution in [3.63, 3.8) is 0 Å². The molecule has 0 bridgehead atoms. The quantitative estimate of drug-likeness (QED) is 0.0262. The summed E-state index contributed by atoms with van der Waals surface area (Å²) in [7, 11) is 0. The van der Waals surface area contributed by atoms with Crippen molar-refractivity contribution in [2.75, 3.05) is 13.2 Å². The van der Waals surface area contributed by atoms with Crippen molar-refractivity contribution in [3.8, 4) is 0 Å². The summed E-state index contributed by atoms with van der Waals surface area (Å²) in [5.74, 6) is -0.890. The lowest BCUT2D eigenvalue weighted by Crippen LogP contribution is -2.30. The molecule has 6 heteroatoms. The number of hydrogen-bond acceptors (Lipinski definition) is 6. The number of esters is 3. The minimum Gasteiger partial charge on any atom is -0.462 e. The Kier molecular flexibility index (Phi) is 49.8. The van der Waals surface area contributed by atoms with E-state index in [0.717, 1.165) is 89.9 Å². The van der Waals surface area contributed by atoms with Crippen LogP contribution in [0.3, 0.4) is 0 Å². The van der Waals surface area contributed by atoms with Crippen molar-refractivity contribution in [2.24, 2.45) is 0 Å². The van der Waals surface area contributed by atoms with Crippen molar-refractivity contribution < 1.29 is 28.6 Å². The minimum absolute atomic E-state index is 0.0772. The fourth-order valence-corrected chi connectivity index (χ4v) is 7.68. The Bertz CT molecular complexity index is 1110. The summed E-state index contributed by atoms with van der Waals surface area (Å²) in [6, 6.07) is 0. The van der Waals surface area contributed by atoms with Gasteiger partial charge in [0.2, 0.25) is 0 Å². The summed E-state index contributed by atoms with van der Waals surface area (Å²) in [5.41, 5.74) is 0. The number of hydrogen-bond donors (Lipinski definition) is 0. The molecule has 0 aromatic rings. The molecule has 6 nitrogen and oxygen atoms in total. The normalized spacial score (nSPS) is 12.4. The van der Waals surface area contributed by atoms with E-state index in [0.29, 0.717) is 19.3 Å². The van der Waals surface area contributed by atoms with Gasteiger partial charge in [-0.25, -0.2) is 0 Å². The van der Waals surface area contributed by atoms with Gasteiger partial charge in [0.1, 0.15) is 13.2 Å². The average molecular weight is 883 g/mol. The van der Waals surface area contributed by atoms with Gasteiger partial charge in [0, 0.05) is 19.3 Å². The Balaban J connectivity index is 4.24. The van der Waals surface area contributed by atoms with Gasteiger partial charge in [-0.3, -0.25) is 14.4 Å². The second-order valence-corrected chi connectivity index (χ2v) is 18.1. The molecule has 0 aromatic carbocycles. The standard InChI is InChI=1S/C57H102O6/c1-4-7-10-13-16-19-21-23-25-26-27-28-29-30-31-32-33-35-36-38-41-44-47-50-56(59)62-53-54(52-61-55(58)49-46-43-40-18-15-12-9-6-3)63-57(60)51-48-45-42-39-37-34-24-22-20-17-14-11-8-5-2/h21-24,26-27,29-30,54H,4-20,25,28,31-53H2,1-3H3/b23-21-,24-22-,27-26-,30-29-. The van der Waals surface area contributed by atoms with E-state index in [1.165, 1.54) is 148 Å². The maximum absolute atomic E-state index is 12.8. The Labute approximate surface area is 390 Å². The van der Waals surface area contributed by atoms with Crippen LogP contribution in [0, 0.1) is 0 Å². The van der Waals surface area contributed by atoms with Gasteiger partial charge in [0.05, 0.1) is 0 Å². The lowest BCUT2D eigenvalue weighted by molar-refractivity contribution is -0.167. The highest BCUT2D eigenvalue weighted by Crippen LogP contribution is 2.15. The molecule has 0 rings (SSSR count). The summed E-state index contributed by atoms with van der Waals surface area (Å²) in [6.45, 7) is 6.59. The number of carbonyl (C=O) groups is 3. The Hall–Kier alpha value is -2.63. The second kappa shape index (κ2) is 52.0. The molecule has 0 aromatic heterocycles. The smallest absolute Gasteiger partial charge is 0.306 e. The van der Waals surface area contributed by atoms with Crippen LogP contribution < -0.4 is 0 Å². The van der Waals surface area contributed by atoms with Gasteiger partial charge in [0.25, 0.3) is 0 Å². The first-order valence-electron chi connectivity index (χ1n) is 27.1. The average Bonchev–Trinajstić information content (AvgIpc) is 3.28. The molecule has 366 valence electrons. The zero-order chi connectivity index (χ0) is 45.8. The van der Waals surface area contributed by atoms with Crippen molar-refractivity contribution in [3.05, 3.63) is 48.6 Å². The van der Waals surface area contributed by atoms with Crippen LogP contribution in [0.1, 0.15) is 278 Å². The fourth-order valence-electron chi connectivity index (χ4n) is 7.68. The number of carbonyl (C=O) groups excluding carboxylic acids is 3. The summed E-state index contributed by atoms with van der Waals surface area (Å²) >= 11 is 0. The van der Waals surface area contributed by atoms with E-state index < -0.39 is 6.10 Å². The van der Waals surface area contributed by atoms with Crippen LogP contribution in [0.5, 0.6) is 0 Å². The van der Waals surface area contributed by atoms with Gasteiger partial charge >= 0.3 is 17.9 Å². The molecule has 0 aliphatic rings. The molecule has 0 aliphatic carbocycles. The van der Waals surface area contributed by atoms with Crippen LogP contribution in [0.4, 0.5) is 0 Å². The van der Waals surface area contributed by atoms with Gasteiger partial charge in [-0.2, -0.15) is 0 Å². The molecule has 0 saturated heterocycles. The Morgan fingerprint density at radius 1 is 0.317 bits per heavy atom. The number of ether oxygens (including phenoxy) is 3. The first-order chi connectivity index (χ1) is 31.0. The van der Waals surface area contributed by atoms with Crippen LogP contribution in [0.15, 0.2) is 48.6 Å². The van der Waals surface area contributed by atoms with E-state index in [9.17, 15) is 14.4 Å². The molecule has 1 unspecified atom stereocenters. The van der Waals surface area contributed by atoms with Crippen molar-refractivity contribution >= 4 is 17.9 Å². The van der Waals surface area contributed by atoms with E-state index in [1.54, 1.807) is 0 Å². The van der Waals surface area contributed by atoms with Gasteiger partial charge < -0.3 is 14.2 Å². The Morgan fingerprint density at radius 3 is 0.905 bits per heavy atom. The van der Waals surface area contributed by atoms with E-state index in [2.05, 4.69) is 69.4 Å². The molecule has 0 aliphatic heterocycles. The zero-order valence-electron chi connectivity index (χ0n) is 41.8. The molecule has 0 radical (unpaired) electrons. The maximum atomic E-state index is 12.8. The SMILES string of the molecule is CCCCCCC/C=C\C/C=C\C/C=C\CCCCCCCCCCC(=O)OCC(COC(=O)CCCCCCCCCC)OC(=O)CCCCCCC/C=C\CCCCCCC. The monoisotopic (exact) mass is 883 g/mol. The third kappa shape index (κ3) is 50.2. The summed E-state index contributed by atoms with van der Waals surface area (Å²) in [5, 5.41) is 0. The van der Waals surface area contributed by atoms with E-state index >= 15 is 0 Å². The summed E-state index contributed by atoms with van der Waals surface area (Å²) < 4.78 is 16.8. The topological polar surface area (TPSA) is 78.9 Å². The van der Waals surface area contributed by atoms with Crippen LogP contribution in [0.25, 0.3) is 0 Å². The van der Waals surface area contributed by atoms with Crippen LogP contribution in [-0.4, -0.2) is 37.2 Å². The zero-order valence-corrected chi connectivity index (χ0v) is 41.8. The van der Waals surface area contributed by atoms with E-state index in [-0.39, 0.29) is 31.1 Å². The van der Waals surface area contributed by atoms with Crippen LogP contribution in [-0.2, 0) is 28.6 Å². The largest absolute Gasteiger partial charge is 0.462 e. The molecular formula is C57H102O6. The van der Waals surface area contributed by atoms with Crippen molar-refractivity contribution in [1.29, 1.82) is 0 Å². The number of allylic oxidation sites excluding steroid dienone is 8. The first kappa shape index (κ1) is 60.4. The van der Waals surface area contributed by atoms with Gasteiger partial charge in [-0.05, 0) is 83.5 Å². The minimum atomic E-state index is -0.776. The van der Waals surface area contributed by atoms with Crippen molar-refractivity contribution in [2.45, 2.75) is 284 Å². The van der Waals surface area contributed by atoms with Crippen LogP contribution >= 0.6 is 0 Å². The lowest BCUT2D eigenvalue weighted by Gasteiger charge is -2.18. The third-order valence-electron chi connectivity index (χ3n) is 11.8. The highest BCUT2D eigenvalue weighted by Gasteiger charge is 2.19. The third-order valence-corrected chi connectivity index (χ3v) is 11.8. The van der Waals surface area contributed by atoms with Gasteiger partial charge in [-0.1, -0.05) is 223 Å². The molecule has 0 N–H and O–H groups in total. The van der Waals surface area contributed by atoms with Crippen molar-refractivity contribution in [1.82, 2.24) is 0 Å².